The second-order valence-electron chi connectivity index (χ2n) is 8.52. The lowest BCUT2D eigenvalue weighted by Crippen LogP contribution is -2.39. The number of hydrogen-bond acceptors (Lipinski definition) is 4. The number of nitrogens with two attached hydrogens (primary N) is 1. The maximum absolute atomic E-state index is 12.1. The topological polar surface area (TPSA) is 98.5 Å². The van der Waals surface area contributed by atoms with Crippen molar-refractivity contribution in [1.29, 1.82) is 0 Å². The minimum Gasteiger partial charge on any atom is -0.378 e. The summed E-state index contributed by atoms with van der Waals surface area (Å²) in [5.74, 6) is 0.535. The summed E-state index contributed by atoms with van der Waals surface area (Å²) in [6, 6.07) is 0.257. The fourth-order valence-corrected chi connectivity index (χ4v) is 4.01. The van der Waals surface area contributed by atoms with Gasteiger partial charge >= 0.3 is 0 Å². The third-order valence-corrected chi connectivity index (χ3v) is 5.52. The molecule has 2 amide bonds. The van der Waals surface area contributed by atoms with Gasteiger partial charge in [-0.05, 0) is 44.9 Å². The van der Waals surface area contributed by atoms with Crippen molar-refractivity contribution in [3.63, 3.8) is 0 Å². The van der Waals surface area contributed by atoms with Gasteiger partial charge in [0.05, 0.1) is 6.10 Å². The predicted octanol–water partition coefficient (Wildman–Crippen LogP) is 4.53. The van der Waals surface area contributed by atoms with Gasteiger partial charge < -0.3 is 15.8 Å². The summed E-state index contributed by atoms with van der Waals surface area (Å²) in [6.45, 7) is 9.96. The van der Waals surface area contributed by atoms with Crippen LogP contribution in [0.25, 0.3) is 0 Å². The maximum Gasteiger partial charge on any atom is 0.220 e. The second kappa shape index (κ2) is 17.3. The molecule has 30 heavy (non-hydrogen) atoms. The Balaban J connectivity index is 0.00000125. The SMILES string of the molecule is CC.CC(C)C(=O)C1CCC(NC(=O)CCCOC2CCCCC2)CC1.CC(N)=O. The highest BCUT2D eigenvalue weighted by atomic mass is 16.5. The monoisotopic (exact) mass is 426 g/mol. The predicted molar refractivity (Wildman–Crippen MR) is 122 cm³/mol. The van der Waals surface area contributed by atoms with Crippen LogP contribution in [-0.2, 0) is 19.1 Å². The molecule has 0 aromatic rings. The number of ketones is 1. The quantitative estimate of drug-likeness (QED) is 0.557. The minimum absolute atomic E-state index is 0.130. The van der Waals surface area contributed by atoms with Gasteiger partial charge in [-0.1, -0.05) is 47.0 Å². The Kier molecular flexibility index (Phi) is 16.4. The van der Waals surface area contributed by atoms with E-state index in [4.69, 9.17) is 4.74 Å². The van der Waals surface area contributed by atoms with E-state index in [0.29, 0.717) is 24.9 Å². The summed E-state index contributed by atoms with van der Waals surface area (Å²) in [4.78, 5) is 33.3. The highest BCUT2D eigenvalue weighted by Crippen LogP contribution is 2.27. The molecule has 2 aliphatic carbocycles. The molecule has 6 heteroatoms. The molecule has 0 aliphatic heterocycles. The van der Waals surface area contributed by atoms with Crippen LogP contribution in [0.3, 0.4) is 0 Å². The Morgan fingerprint density at radius 1 is 0.967 bits per heavy atom. The van der Waals surface area contributed by atoms with E-state index in [9.17, 15) is 14.4 Å². The second-order valence-corrected chi connectivity index (χ2v) is 8.52. The molecule has 6 nitrogen and oxygen atoms in total. The first-order valence-electron chi connectivity index (χ1n) is 12.0. The van der Waals surface area contributed by atoms with Gasteiger partial charge in [0.1, 0.15) is 5.78 Å². The van der Waals surface area contributed by atoms with E-state index >= 15 is 0 Å². The molecule has 2 aliphatic rings. The number of Topliss-reactive ketones (excluding diaryl/α,β-unsaturated/α-hetero) is 1. The summed E-state index contributed by atoms with van der Waals surface area (Å²) >= 11 is 0. The molecule has 3 N–H and O–H groups in total. The van der Waals surface area contributed by atoms with E-state index in [1.54, 1.807) is 0 Å². The van der Waals surface area contributed by atoms with Crippen molar-refractivity contribution in [2.75, 3.05) is 6.61 Å². The Hall–Kier alpha value is -1.43. The van der Waals surface area contributed by atoms with Gasteiger partial charge in [-0.25, -0.2) is 0 Å². The Labute approximate surface area is 184 Å². The standard InChI is InChI=1S/C20H35NO3.C2H5NO.C2H6/c1-15(2)20(23)16-10-12-17(13-11-16)21-19(22)9-6-14-24-18-7-4-3-5-8-18;1-2(3)4;1-2/h15-18H,3-14H2,1-2H3,(H,21,22);1H3,(H2,3,4);1-2H3. The zero-order chi connectivity index (χ0) is 22.9. The van der Waals surface area contributed by atoms with Gasteiger partial charge in [0, 0.05) is 37.8 Å². The van der Waals surface area contributed by atoms with Gasteiger partial charge in [0.2, 0.25) is 11.8 Å². The van der Waals surface area contributed by atoms with Crippen LogP contribution in [0, 0.1) is 11.8 Å². The Bertz CT molecular complexity index is 476. The summed E-state index contributed by atoms with van der Waals surface area (Å²) in [5.41, 5.74) is 4.47. The number of amides is 2. The first kappa shape index (κ1) is 28.6. The number of primary amides is 1. The van der Waals surface area contributed by atoms with Crippen molar-refractivity contribution in [1.82, 2.24) is 5.32 Å². The highest BCUT2D eigenvalue weighted by molar-refractivity contribution is 5.83. The average Bonchev–Trinajstić information content (AvgIpc) is 2.73. The molecule has 176 valence electrons. The molecule has 2 rings (SSSR count). The van der Waals surface area contributed by atoms with Crippen molar-refractivity contribution in [3.05, 3.63) is 0 Å². The van der Waals surface area contributed by atoms with E-state index in [2.05, 4.69) is 11.1 Å². The van der Waals surface area contributed by atoms with Crippen LogP contribution in [-0.4, -0.2) is 36.4 Å². The van der Waals surface area contributed by atoms with Crippen LogP contribution in [0.5, 0.6) is 0 Å². The third-order valence-electron chi connectivity index (χ3n) is 5.52. The number of rotatable bonds is 8. The van der Waals surface area contributed by atoms with Crippen LogP contribution in [0.2, 0.25) is 0 Å². The lowest BCUT2D eigenvalue weighted by molar-refractivity contribution is -0.127. The number of carbonyl (C=O) groups is 3. The van der Waals surface area contributed by atoms with Crippen LogP contribution in [0.1, 0.15) is 105 Å². The number of ether oxygens (including phenoxy) is 1. The van der Waals surface area contributed by atoms with E-state index in [1.807, 2.05) is 27.7 Å². The van der Waals surface area contributed by atoms with Crippen LogP contribution < -0.4 is 11.1 Å². The summed E-state index contributed by atoms with van der Waals surface area (Å²) in [6.07, 6.45) is 11.8. The van der Waals surface area contributed by atoms with Crippen molar-refractivity contribution >= 4 is 17.6 Å². The molecule has 0 aromatic carbocycles. The largest absolute Gasteiger partial charge is 0.378 e. The molecule has 0 radical (unpaired) electrons. The summed E-state index contributed by atoms with van der Waals surface area (Å²) < 4.78 is 5.87. The van der Waals surface area contributed by atoms with E-state index < -0.39 is 0 Å². The Morgan fingerprint density at radius 3 is 2.00 bits per heavy atom. The smallest absolute Gasteiger partial charge is 0.220 e. The number of nitrogens with one attached hydrogen (secondary N) is 1. The van der Waals surface area contributed by atoms with E-state index in [0.717, 1.165) is 32.1 Å². The van der Waals surface area contributed by atoms with Gasteiger partial charge in [0.15, 0.2) is 0 Å². The van der Waals surface area contributed by atoms with Crippen LogP contribution in [0.15, 0.2) is 0 Å². The zero-order valence-electron chi connectivity index (χ0n) is 20.0. The lowest BCUT2D eigenvalue weighted by atomic mass is 9.80. The van der Waals surface area contributed by atoms with Gasteiger partial charge in [-0.15, -0.1) is 0 Å². The van der Waals surface area contributed by atoms with E-state index in [-0.39, 0.29) is 29.7 Å². The molecular formula is C24H46N2O4. The van der Waals surface area contributed by atoms with Gasteiger partial charge in [-0.2, -0.15) is 0 Å². The molecule has 0 unspecified atom stereocenters. The molecular weight excluding hydrogens is 380 g/mol. The van der Waals surface area contributed by atoms with Gasteiger partial charge in [0.25, 0.3) is 0 Å². The molecule has 0 aromatic heterocycles. The first-order chi connectivity index (χ1) is 14.3. The van der Waals surface area contributed by atoms with Crippen molar-refractivity contribution in [2.45, 2.75) is 117 Å². The molecule has 0 spiro atoms. The fourth-order valence-electron chi connectivity index (χ4n) is 4.01. The van der Waals surface area contributed by atoms with Gasteiger partial charge in [-0.3, -0.25) is 14.4 Å². The molecule has 0 atom stereocenters. The molecule has 2 saturated carbocycles. The van der Waals surface area contributed by atoms with Crippen LogP contribution in [0.4, 0.5) is 0 Å². The molecule has 0 bridgehead atoms. The van der Waals surface area contributed by atoms with Crippen molar-refractivity contribution < 1.29 is 19.1 Å². The van der Waals surface area contributed by atoms with Crippen molar-refractivity contribution in [3.8, 4) is 0 Å². The van der Waals surface area contributed by atoms with E-state index in [1.165, 1.54) is 39.0 Å². The fraction of sp³-hybridized carbons (Fsp3) is 0.875. The summed E-state index contributed by atoms with van der Waals surface area (Å²) in [5, 5.41) is 3.14. The zero-order valence-corrected chi connectivity index (χ0v) is 20.0. The number of hydrogen-bond donors (Lipinski definition) is 2. The van der Waals surface area contributed by atoms with Crippen LogP contribution >= 0.6 is 0 Å². The normalized spacial score (nSPS) is 21.5. The third kappa shape index (κ3) is 13.7. The number of carbonyl (C=O) groups excluding carboxylic acids is 3. The lowest BCUT2D eigenvalue weighted by Gasteiger charge is -2.29. The molecule has 0 saturated heterocycles. The highest BCUT2D eigenvalue weighted by Gasteiger charge is 2.28. The summed E-state index contributed by atoms with van der Waals surface area (Å²) in [7, 11) is 0. The molecule has 0 heterocycles. The Morgan fingerprint density at radius 2 is 1.50 bits per heavy atom. The molecule has 2 fully saturated rings. The maximum atomic E-state index is 12.1. The minimum atomic E-state index is -0.333. The van der Waals surface area contributed by atoms with Crippen molar-refractivity contribution in [2.24, 2.45) is 17.6 Å². The first-order valence-corrected chi connectivity index (χ1v) is 12.0. The average molecular weight is 427 g/mol.